The number of hydrogen-bond acceptors (Lipinski definition) is 2. The van der Waals surface area contributed by atoms with Gasteiger partial charge in [-0.2, -0.15) is 0 Å². The van der Waals surface area contributed by atoms with Crippen LogP contribution in [-0.4, -0.2) is 0 Å². The summed E-state index contributed by atoms with van der Waals surface area (Å²) in [6, 6.07) is 69.4. The average Bonchev–Trinajstić information content (AvgIpc) is 3.59. The molecule has 1 heterocycles. The van der Waals surface area contributed by atoms with Gasteiger partial charge in [0.05, 0.1) is 0 Å². The lowest BCUT2D eigenvalue weighted by atomic mass is 9.82. The molecule has 0 unspecified atom stereocenters. The number of benzene rings is 9. The minimum Gasteiger partial charge on any atom is -0.456 e. The minimum atomic E-state index is -0.140. The van der Waals surface area contributed by atoms with Crippen LogP contribution in [0.25, 0.3) is 66.4 Å². The standard InChI is InChI=1S/C58H43NO/c1-57(2)51-20-12-10-18-44(51)46-27-23-41(34-53(46)57)59(42-24-28-47-45-19-11-13-21-52(45)58(3,4)54(47)35-42)40-25-29-55-50(33-40)48-30-39(36-14-6-5-7-15-36)22-26-43(48)49-31-37-16-8-9-17-38(37)32-56(49)60-55/h5-35H,1-4H3. The monoisotopic (exact) mass is 769 g/mol. The highest BCUT2D eigenvalue weighted by molar-refractivity contribution is 5.99. The molecule has 286 valence electrons. The highest BCUT2D eigenvalue weighted by Gasteiger charge is 2.38. The van der Waals surface area contributed by atoms with Crippen LogP contribution in [0, 0.1) is 0 Å². The summed E-state index contributed by atoms with van der Waals surface area (Å²) in [5, 5.41) is 2.35. The van der Waals surface area contributed by atoms with Gasteiger partial charge in [0.25, 0.3) is 0 Å². The van der Waals surface area contributed by atoms with E-state index in [0.29, 0.717) is 0 Å². The van der Waals surface area contributed by atoms with E-state index < -0.39 is 0 Å². The van der Waals surface area contributed by atoms with E-state index >= 15 is 0 Å². The first kappa shape index (κ1) is 34.8. The van der Waals surface area contributed by atoms with Crippen molar-refractivity contribution in [1.29, 1.82) is 0 Å². The Morgan fingerprint density at radius 1 is 0.317 bits per heavy atom. The van der Waals surface area contributed by atoms with Crippen LogP contribution in [0.3, 0.4) is 0 Å². The van der Waals surface area contributed by atoms with Crippen LogP contribution >= 0.6 is 0 Å². The third-order valence-corrected chi connectivity index (χ3v) is 13.6. The van der Waals surface area contributed by atoms with E-state index in [-0.39, 0.29) is 10.8 Å². The first-order chi connectivity index (χ1) is 29.2. The summed E-state index contributed by atoms with van der Waals surface area (Å²) in [5.74, 6) is 1.71. The average molecular weight is 770 g/mol. The molecule has 2 nitrogen and oxygen atoms in total. The number of hydrogen-bond donors (Lipinski definition) is 0. The van der Waals surface area contributed by atoms with E-state index in [0.717, 1.165) is 56.2 Å². The van der Waals surface area contributed by atoms with Gasteiger partial charge in [-0.3, -0.25) is 0 Å². The zero-order chi connectivity index (χ0) is 40.3. The molecule has 0 fully saturated rings. The van der Waals surface area contributed by atoms with Gasteiger partial charge in [0.15, 0.2) is 0 Å². The molecule has 0 aromatic heterocycles. The van der Waals surface area contributed by atoms with Gasteiger partial charge >= 0.3 is 0 Å². The Morgan fingerprint density at radius 2 is 0.817 bits per heavy atom. The van der Waals surface area contributed by atoms with Crippen molar-refractivity contribution in [2.75, 3.05) is 4.90 Å². The van der Waals surface area contributed by atoms with Crippen LogP contribution in [0.15, 0.2) is 188 Å². The number of anilines is 3. The maximum atomic E-state index is 7.01. The molecule has 0 atom stereocenters. The Kier molecular flexibility index (Phi) is 7.36. The second-order valence-electron chi connectivity index (χ2n) is 17.7. The van der Waals surface area contributed by atoms with E-state index in [9.17, 15) is 0 Å². The molecule has 1 aliphatic heterocycles. The van der Waals surface area contributed by atoms with Crippen molar-refractivity contribution in [3.8, 4) is 67.1 Å². The zero-order valence-electron chi connectivity index (χ0n) is 34.3. The van der Waals surface area contributed by atoms with E-state index in [1.807, 2.05) is 0 Å². The summed E-state index contributed by atoms with van der Waals surface area (Å²) in [5.41, 5.74) is 20.6. The van der Waals surface area contributed by atoms with Crippen LogP contribution in [0.4, 0.5) is 17.1 Å². The summed E-state index contributed by atoms with van der Waals surface area (Å²) in [6.45, 7) is 9.46. The molecule has 2 heteroatoms. The number of fused-ring (bicyclic) bond motifs is 12. The molecule has 0 N–H and O–H groups in total. The molecular formula is C58H43NO. The fourth-order valence-electron chi connectivity index (χ4n) is 10.5. The summed E-state index contributed by atoms with van der Waals surface area (Å²) in [7, 11) is 0. The molecule has 9 aromatic rings. The van der Waals surface area contributed by atoms with E-state index in [1.54, 1.807) is 0 Å². The molecule has 60 heavy (non-hydrogen) atoms. The minimum absolute atomic E-state index is 0.140. The molecule has 0 saturated heterocycles. The van der Waals surface area contributed by atoms with Gasteiger partial charge in [-0.05, 0) is 138 Å². The van der Waals surface area contributed by atoms with Crippen molar-refractivity contribution >= 4 is 27.8 Å². The molecule has 0 amide bonds. The summed E-state index contributed by atoms with van der Waals surface area (Å²) in [4.78, 5) is 2.46. The Morgan fingerprint density at radius 3 is 1.47 bits per heavy atom. The Labute approximate surface area is 352 Å². The van der Waals surface area contributed by atoms with Gasteiger partial charge in [-0.1, -0.05) is 155 Å². The highest BCUT2D eigenvalue weighted by atomic mass is 16.5. The van der Waals surface area contributed by atoms with Crippen LogP contribution in [0.2, 0.25) is 0 Å². The predicted octanol–water partition coefficient (Wildman–Crippen LogP) is 16.0. The molecule has 12 rings (SSSR count). The molecule has 0 radical (unpaired) electrons. The lowest BCUT2D eigenvalue weighted by Gasteiger charge is -2.30. The van der Waals surface area contributed by atoms with Crippen LogP contribution in [0.1, 0.15) is 49.9 Å². The van der Waals surface area contributed by atoms with Crippen molar-refractivity contribution in [3.05, 3.63) is 210 Å². The van der Waals surface area contributed by atoms with Gasteiger partial charge in [0.1, 0.15) is 11.5 Å². The third kappa shape index (κ3) is 5.07. The zero-order valence-corrected chi connectivity index (χ0v) is 34.3. The molecule has 0 bridgehead atoms. The second kappa shape index (κ2) is 12.7. The smallest absolute Gasteiger partial charge is 0.135 e. The maximum Gasteiger partial charge on any atom is 0.135 e. The lowest BCUT2D eigenvalue weighted by molar-refractivity contribution is 0.488. The van der Waals surface area contributed by atoms with Crippen molar-refractivity contribution in [2.24, 2.45) is 0 Å². The molecule has 0 spiro atoms. The van der Waals surface area contributed by atoms with Gasteiger partial charge in [-0.15, -0.1) is 0 Å². The van der Waals surface area contributed by atoms with Gasteiger partial charge < -0.3 is 9.64 Å². The largest absolute Gasteiger partial charge is 0.456 e. The van der Waals surface area contributed by atoms with Crippen molar-refractivity contribution in [2.45, 2.75) is 38.5 Å². The first-order valence-corrected chi connectivity index (χ1v) is 21.1. The van der Waals surface area contributed by atoms with Crippen molar-refractivity contribution < 1.29 is 4.74 Å². The molecule has 9 aromatic carbocycles. The lowest BCUT2D eigenvalue weighted by Crippen LogP contribution is -2.18. The number of ether oxygens (including phenoxy) is 1. The van der Waals surface area contributed by atoms with Gasteiger partial charge in [0.2, 0.25) is 0 Å². The van der Waals surface area contributed by atoms with E-state index in [2.05, 4.69) is 221 Å². The van der Waals surface area contributed by atoms with Crippen LogP contribution < -0.4 is 9.64 Å². The Hall–Kier alpha value is -7.16. The molecule has 0 saturated carbocycles. The maximum absolute atomic E-state index is 7.01. The Balaban J connectivity index is 1.09. The van der Waals surface area contributed by atoms with E-state index in [4.69, 9.17) is 4.74 Å². The van der Waals surface area contributed by atoms with Crippen LogP contribution in [-0.2, 0) is 10.8 Å². The van der Waals surface area contributed by atoms with Gasteiger partial charge in [-0.25, -0.2) is 0 Å². The van der Waals surface area contributed by atoms with Crippen LogP contribution in [0.5, 0.6) is 11.5 Å². The summed E-state index contributed by atoms with van der Waals surface area (Å²) >= 11 is 0. The van der Waals surface area contributed by atoms with Crippen molar-refractivity contribution in [1.82, 2.24) is 0 Å². The normalized spacial score (nSPS) is 14.4. The quantitative estimate of drug-likeness (QED) is 0.177. The highest BCUT2D eigenvalue weighted by Crippen LogP contribution is 2.55. The number of nitrogens with zero attached hydrogens (tertiary/aromatic N) is 1. The topological polar surface area (TPSA) is 12.5 Å². The predicted molar refractivity (Wildman–Crippen MR) is 250 cm³/mol. The number of rotatable bonds is 4. The SMILES string of the molecule is CC1(C)c2ccccc2-c2ccc(N(c3ccc4c(c3)-c3cc(-c5ccccc5)ccc3-c3cc5ccccc5cc3O4)c3ccc4c(c3)C(C)(C)c3ccccc3-4)cc21. The fraction of sp³-hybridized carbons (Fsp3) is 0.103. The van der Waals surface area contributed by atoms with Gasteiger partial charge in [0, 0.05) is 39.0 Å². The first-order valence-electron chi connectivity index (χ1n) is 21.1. The van der Waals surface area contributed by atoms with E-state index in [1.165, 1.54) is 61.0 Å². The fourth-order valence-corrected chi connectivity index (χ4v) is 10.5. The second-order valence-corrected chi connectivity index (χ2v) is 17.7. The summed E-state index contributed by atoms with van der Waals surface area (Å²) in [6.07, 6.45) is 0. The van der Waals surface area contributed by atoms with Crippen molar-refractivity contribution in [3.63, 3.8) is 0 Å². The molecule has 3 aliphatic rings. The molecular weight excluding hydrogens is 727 g/mol. The molecule has 2 aliphatic carbocycles. The Bertz CT molecular complexity index is 3140. The third-order valence-electron chi connectivity index (χ3n) is 13.6. The summed E-state index contributed by atoms with van der Waals surface area (Å²) < 4.78 is 7.01.